The molecule has 0 fully saturated rings. The van der Waals surface area contributed by atoms with Gasteiger partial charge in [-0.05, 0) is 30.3 Å². The number of carbonyl (C=O) groups is 2. The first kappa shape index (κ1) is 14.2. The van der Waals surface area contributed by atoms with Crippen molar-refractivity contribution in [2.75, 3.05) is 5.32 Å². The lowest BCUT2D eigenvalue weighted by molar-refractivity contribution is -0.384. The molecule has 106 valence electrons. The minimum Gasteiger partial charge on any atom is -0.478 e. The van der Waals surface area contributed by atoms with Gasteiger partial charge in [-0.1, -0.05) is 6.07 Å². The molecule has 2 rings (SSSR count). The smallest absolute Gasteiger partial charge is 0.335 e. The van der Waals surface area contributed by atoms with Gasteiger partial charge in [0.2, 0.25) is 0 Å². The molecule has 0 aliphatic rings. The number of nitro benzene ring substituents is 1. The van der Waals surface area contributed by atoms with Crippen molar-refractivity contribution in [3.8, 4) is 0 Å². The van der Waals surface area contributed by atoms with E-state index in [4.69, 9.17) is 5.11 Å². The average molecular weight is 286 g/mol. The Balaban J connectivity index is 2.16. The largest absolute Gasteiger partial charge is 0.478 e. The van der Waals surface area contributed by atoms with Crippen LogP contribution in [-0.2, 0) is 0 Å². The number of hydrogen-bond donors (Lipinski definition) is 2. The number of carbonyl (C=O) groups excluding carboxylic acids is 1. The molecular weight excluding hydrogens is 276 g/mol. The minimum atomic E-state index is -1.10. The van der Waals surface area contributed by atoms with E-state index in [1.54, 1.807) is 6.07 Å². The van der Waals surface area contributed by atoms with Crippen LogP contribution in [0.5, 0.6) is 0 Å². The molecule has 0 saturated carbocycles. The topological polar surface area (TPSA) is 110 Å². The summed E-state index contributed by atoms with van der Waals surface area (Å²) in [4.78, 5) is 32.7. The van der Waals surface area contributed by atoms with Crippen molar-refractivity contribution in [3.05, 3.63) is 69.8 Å². The van der Waals surface area contributed by atoms with Crippen LogP contribution in [0.1, 0.15) is 20.7 Å². The van der Waals surface area contributed by atoms with Crippen molar-refractivity contribution in [2.24, 2.45) is 0 Å². The van der Waals surface area contributed by atoms with E-state index in [9.17, 15) is 19.7 Å². The van der Waals surface area contributed by atoms with Crippen molar-refractivity contribution in [2.45, 2.75) is 0 Å². The van der Waals surface area contributed by atoms with Gasteiger partial charge in [0.15, 0.2) is 0 Å². The third-order valence-electron chi connectivity index (χ3n) is 2.71. The summed E-state index contributed by atoms with van der Waals surface area (Å²) in [5.41, 5.74) is 0.510. The fourth-order valence-corrected chi connectivity index (χ4v) is 1.67. The summed E-state index contributed by atoms with van der Waals surface area (Å²) in [6.45, 7) is 0. The van der Waals surface area contributed by atoms with Gasteiger partial charge in [-0.3, -0.25) is 14.9 Å². The third-order valence-corrected chi connectivity index (χ3v) is 2.71. The molecule has 7 heteroatoms. The van der Waals surface area contributed by atoms with Crippen LogP contribution in [0.3, 0.4) is 0 Å². The van der Waals surface area contributed by atoms with Crippen molar-refractivity contribution < 1.29 is 19.6 Å². The molecule has 0 bridgehead atoms. The van der Waals surface area contributed by atoms with Crippen LogP contribution in [0, 0.1) is 10.1 Å². The van der Waals surface area contributed by atoms with E-state index in [0.29, 0.717) is 5.69 Å². The summed E-state index contributed by atoms with van der Waals surface area (Å²) in [7, 11) is 0. The highest BCUT2D eigenvalue weighted by Crippen LogP contribution is 2.15. The monoisotopic (exact) mass is 286 g/mol. The minimum absolute atomic E-state index is 0.0523. The number of aromatic carboxylic acids is 1. The number of hydrogen-bond acceptors (Lipinski definition) is 4. The Morgan fingerprint density at radius 1 is 1.05 bits per heavy atom. The van der Waals surface area contributed by atoms with Gasteiger partial charge in [-0.25, -0.2) is 4.79 Å². The van der Waals surface area contributed by atoms with Crippen LogP contribution in [0.4, 0.5) is 11.4 Å². The molecule has 7 nitrogen and oxygen atoms in total. The zero-order chi connectivity index (χ0) is 15.4. The third kappa shape index (κ3) is 3.41. The van der Waals surface area contributed by atoms with Gasteiger partial charge < -0.3 is 10.4 Å². The lowest BCUT2D eigenvalue weighted by atomic mass is 10.1. The van der Waals surface area contributed by atoms with E-state index in [0.717, 1.165) is 0 Å². The first-order valence-electron chi connectivity index (χ1n) is 5.86. The highest BCUT2D eigenvalue weighted by atomic mass is 16.6. The quantitative estimate of drug-likeness (QED) is 0.663. The number of non-ortho nitro benzene ring substituents is 1. The summed E-state index contributed by atoms with van der Waals surface area (Å²) < 4.78 is 0. The average Bonchev–Trinajstić information content (AvgIpc) is 2.47. The SMILES string of the molecule is O=C(O)c1cccc(NC(=O)c2ccc([N+](=O)[O-])cc2)c1. The normalized spacial score (nSPS) is 9.90. The Labute approximate surface area is 119 Å². The van der Waals surface area contributed by atoms with Crippen LogP contribution < -0.4 is 5.32 Å². The first-order chi connectivity index (χ1) is 9.97. The number of carboxylic acids is 1. The number of nitro groups is 1. The maximum Gasteiger partial charge on any atom is 0.335 e. The number of amides is 1. The molecule has 0 atom stereocenters. The number of nitrogens with zero attached hydrogens (tertiary/aromatic N) is 1. The molecule has 0 spiro atoms. The van der Waals surface area contributed by atoms with Crippen molar-refractivity contribution >= 4 is 23.3 Å². The predicted octanol–water partition coefficient (Wildman–Crippen LogP) is 2.55. The summed E-state index contributed by atoms with van der Waals surface area (Å²) in [6.07, 6.45) is 0. The van der Waals surface area contributed by atoms with Gasteiger partial charge in [-0.2, -0.15) is 0 Å². The van der Waals surface area contributed by atoms with Crippen molar-refractivity contribution in [3.63, 3.8) is 0 Å². The fraction of sp³-hybridized carbons (Fsp3) is 0. The zero-order valence-electron chi connectivity index (χ0n) is 10.6. The van der Waals surface area contributed by atoms with Crippen LogP contribution in [-0.4, -0.2) is 21.9 Å². The number of rotatable bonds is 4. The second-order valence-electron chi connectivity index (χ2n) is 4.14. The Kier molecular flexibility index (Phi) is 3.94. The highest BCUT2D eigenvalue weighted by molar-refractivity contribution is 6.04. The fourth-order valence-electron chi connectivity index (χ4n) is 1.67. The molecular formula is C14H10N2O5. The summed E-state index contributed by atoms with van der Waals surface area (Å²) in [5.74, 6) is -1.58. The summed E-state index contributed by atoms with van der Waals surface area (Å²) in [6, 6.07) is 10.9. The standard InChI is InChI=1S/C14H10N2O5/c17-13(9-4-6-12(7-5-9)16(20)21)15-11-3-1-2-10(8-11)14(18)19/h1-8H,(H,15,17)(H,18,19). The molecule has 2 aromatic carbocycles. The molecule has 0 radical (unpaired) electrons. The molecule has 0 saturated heterocycles. The molecule has 0 unspecified atom stereocenters. The zero-order valence-corrected chi connectivity index (χ0v) is 10.6. The molecule has 2 aromatic rings. The Hall–Kier alpha value is -3.22. The van der Waals surface area contributed by atoms with Crippen LogP contribution in [0.15, 0.2) is 48.5 Å². The summed E-state index contributed by atoms with van der Waals surface area (Å²) >= 11 is 0. The lowest BCUT2D eigenvalue weighted by Crippen LogP contribution is -2.12. The van der Waals surface area contributed by atoms with E-state index in [1.165, 1.54) is 42.5 Å². The Bertz CT molecular complexity index is 710. The first-order valence-corrected chi connectivity index (χ1v) is 5.86. The van der Waals surface area contributed by atoms with E-state index in [1.807, 2.05) is 0 Å². The lowest BCUT2D eigenvalue weighted by Gasteiger charge is -2.06. The number of carboxylic acid groups (broad SMARTS) is 1. The second-order valence-corrected chi connectivity index (χ2v) is 4.14. The maximum absolute atomic E-state index is 11.9. The van der Waals surface area contributed by atoms with Gasteiger partial charge in [0, 0.05) is 23.4 Å². The van der Waals surface area contributed by atoms with Crippen molar-refractivity contribution in [1.82, 2.24) is 0 Å². The summed E-state index contributed by atoms with van der Waals surface area (Å²) in [5, 5.41) is 21.9. The molecule has 0 aliphatic heterocycles. The molecule has 21 heavy (non-hydrogen) atoms. The molecule has 1 amide bonds. The number of nitrogens with one attached hydrogen (secondary N) is 1. The molecule has 0 heterocycles. The van der Waals surface area contributed by atoms with E-state index < -0.39 is 16.8 Å². The highest BCUT2D eigenvalue weighted by Gasteiger charge is 2.10. The molecule has 0 aromatic heterocycles. The van der Waals surface area contributed by atoms with Gasteiger partial charge >= 0.3 is 5.97 Å². The van der Waals surface area contributed by atoms with Crippen LogP contribution in [0.2, 0.25) is 0 Å². The molecule has 0 aliphatic carbocycles. The number of benzene rings is 2. The molecule has 2 N–H and O–H groups in total. The second kappa shape index (κ2) is 5.83. The van der Waals surface area contributed by atoms with Crippen LogP contribution >= 0.6 is 0 Å². The van der Waals surface area contributed by atoms with Gasteiger partial charge in [0.25, 0.3) is 11.6 Å². The van der Waals surface area contributed by atoms with E-state index in [2.05, 4.69) is 5.32 Å². The van der Waals surface area contributed by atoms with Gasteiger partial charge in [-0.15, -0.1) is 0 Å². The van der Waals surface area contributed by atoms with Crippen LogP contribution in [0.25, 0.3) is 0 Å². The number of anilines is 1. The van der Waals surface area contributed by atoms with Gasteiger partial charge in [0.1, 0.15) is 0 Å². The Morgan fingerprint density at radius 2 is 1.71 bits per heavy atom. The Morgan fingerprint density at radius 3 is 2.29 bits per heavy atom. The maximum atomic E-state index is 11.9. The van der Waals surface area contributed by atoms with Crippen molar-refractivity contribution in [1.29, 1.82) is 0 Å². The van der Waals surface area contributed by atoms with E-state index in [-0.39, 0.29) is 16.8 Å². The van der Waals surface area contributed by atoms with Gasteiger partial charge in [0.05, 0.1) is 10.5 Å². The van der Waals surface area contributed by atoms with E-state index >= 15 is 0 Å². The predicted molar refractivity (Wildman–Crippen MR) is 74.5 cm³/mol.